The summed E-state index contributed by atoms with van der Waals surface area (Å²) in [6, 6.07) is 0. The quantitative estimate of drug-likeness (QED) is 0.0246. The van der Waals surface area contributed by atoms with E-state index >= 15 is 0 Å². The SMILES string of the molecule is CCCCC/C=C\C/C=C\C/C=C\C/C=C\CCCC(=O)OCC(O)COP(=O)(O)OCCNC(=O)CCCCCCCCCCCCCCCC. The van der Waals surface area contributed by atoms with E-state index in [0.717, 1.165) is 44.9 Å². The Morgan fingerprint density at radius 3 is 1.60 bits per heavy atom. The summed E-state index contributed by atoms with van der Waals surface area (Å²) < 4.78 is 26.8. The van der Waals surface area contributed by atoms with Gasteiger partial charge in [-0.1, -0.05) is 159 Å². The lowest BCUT2D eigenvalue weighted by Gasteiger charge is -2.15. The summed E-state index contributed by atoms with van der Waals surface area (Å²) in [5, 5.41) is 12.7. The Balaban J connectivity index is 3.69. The molecule has 52 heavy (non-hydrogen) atoms. The first-order valence-corrected chi connectivity index (χ1v) is 22.1. The van der Waals surface area contributed by atoms with Crippen LogP contribution in [0.2, 0.25) is 0 Å². The van der Waals surface area contributed by atoms with E-state index in [2.05, 4.69) is 61.7 Å². The topological polar surface area (TPSA) is 131 Å². The van der Waals surface area contributed by atoms with Crippen LogP contribution in [0.4, 0.5) is 0 Å². The van der Waals surface area contributed by atoms with Crippen LogP contribution < -0.4 is 5.32 Å². The highest BCUT2D eigenvalue weighted by molar-refractivity contribution is 7.47. The highest BCUT2D eigenvalue weighted by atomic mass is 31.2. The van der Waals surface area contributed by atoms with Crippen molar-refractivity contribution in [2.24, 2.45) is 0 Å². The molecule has 0 aliphatic rings. The Labute approximate surface area is 317 Å². The largest absolute Gasteiger partial charge is 0.472 e. The zero-order valence-electron chi connectivity index (χ0n) is 33.0. The zero-order chi connectivity index (χ0) is 38.2. The number of hydrogen-bond acceptors (Lipinski definition) is 7. The highest BCUT2D eigenvalue weighted by Gasteiger charge is 2.23. The van der Waals surface area contributed by atoms with Gasteiger partial charge in [-0.25, -0.2) is 4.57 Å². The maximum Gasteiger partial charge on any atom is 0.472 e. The Bertz CT molecular complexity index is 996. The van der Waals surface area contributed by atoms with E-state index in [1.54, 1.807) is 0 Å². The number of aliphatic hydroxyl groups is 1. The second-order valence-electron chi connectivity index (χ2n) is 13.6. The number of rotatable bonds is 38. The molecule has 10 heteroatoms. The number of unbranched alkanes of at least 4 members (excludes halogenated alkanes) is 17. The fraction of sp³-hybridized carbons (Fsp3) is 0.762. The summed E-state index contributed by atoms with van der Waals surface area (Å²) in [5.41, 5.74) is 0. The standard InChI is InChI=1S/C42H76NO8P/c1-3-5-7-9-11-13-15-17-19-20-21-23-25-27-29-31-33-35-42(46)49-38-40(44)39-51-52(47,48)50-37-36-43-41(45)34-32-30-28-26-24-22-18-16-14-12-10-8-6-4-2/h11,13,17,19,21,23,27,29,40,44H,3-10,12,14-16,18,20,22,24-26,28,30-39H2,1-2H3,(H,43,45)(H,47,48)/b13-11-,19-17-,23-21-,29-27-. The third-order valence-electron chi connectivity index (χ3n) is 8.51. The molecule has 0 rings (SSSR count). The van der Waals surface area contributed by atoms with Gasteiger partial charge in [-0.05, 0) is 51.4 Å². The van der Waals surface area contributed by atoms with Crippen LogP contribution in [0.3, 0.4) is 0 Å². The van der Waals surface area contributed by atoms with E-state index in [9.17, 15) is 24.2 Å². The van der Waals surface area contributed by atoms with Crippen molar-refractivity contribution < 1.29 is 37.9 Å². The summed E-state index contributed by atoms with van der Waals surface area (Å²) in [7, 11) is -4.42. The van der Waals surface area contributed by atoms with E-state index in [0.29, 0.717) is 12.8 Å². The molecule has 0 radical (unpaired) electrons. The van der Waals surface area contributed by atoms with E-state index in [-0.39, 0.29) is 32.1 Å². The molecule has 0 aliphatic heterocycles. The summed E-state index contributed by atoms with van der Waals surface area (Å²) in [6.07, 6.45) is 43.3. The van der Waals surface area contributed by atoms with Crippen LogP contribution in [0.5, 0.6) is 0 Å². The molecule has 0 saturated carbocycles. The molecule has 2 unspecified atom stereocenters. The lowest BCUT2D eigenvalue weighted by molar-refractivity contribution is -0.147. The molecule has 302 valence electrons. The number of aliphatic hydroxyl groups excluding tert-OH is 1. The Morgan fingerprint density at radius 2 is 1.06 bits per heavy atom. The van der Waals surface area contributed by atoms with E-state index < -0.39 is 26.5 Å². The van der Waals surface area contributed by atoms with E-state index in [1.165, 1.54) is 96.3 Å². The van der Waals surface area contributed by atoms with Crippen LogP contribution in [0.25, 0.3) is 0 Å². The Kier molecular flexibility index (Phi) is 37.2. The molecule has 0 aromatic carbocycles. The number of esters is 1. The second kappa shape index (κ2) is 38.7. The first-order valence-electron chi connectivity index (χ1n) is 20.6. The fourth-order valence-corrected chi connectivity index (χ4v) is 6.13. The minimum absolute atomic E-state index is 0.0760. The normalized spacial score (nSPS) is 13.8. The number of carbonyl (C=O) groups is 2. The molecule has 0 aromatic rings. The molecular formula is C42H76NO8P. The monoisotopic (exact) mass is 754 g/mol. The predicted molar refractivity (Wildman–Crippen MR) is 215 cm³/mol. The number of phosphoric ester groups is 1. The van der Waals surface area contributed by atoms with Gasteiger partial charge in [-0.2, -0.15) is 0 Å². The van der Waals surface area contributed by atoms with Crippen molar-refractivity contribution in [1.29, 1.82) is 0 Å². The number of ether oxygens (including phenoxy) is 1. The molecule has 0 bridgehead atoms. The van der Waals surface area contributed by atoms with Gasteiger partial charge in [0.25, 0.3) is 0 Å². The minimum atomic E-state index is -4.42. The summed E-state index contributed by atoms with van der Waals surface area (Å²) in [6.45, 7) is 3.46. The van der Waals surface area contributed by atoms with Gasteiger partial charge in [0.15, 0.2) is 0 Å². The smallest absolute Gasteiger partial charge is 0.463 e. The first-order chi connectivity index (χ1) is 25.3. The Hall–Kier alpha value is -2.03. The predicted octanol–water partition coefficient (Wildman–Crippen LogP) is 11.2. The molecule has 0 heterocycles. The van der Waals surface area contributed by atoms with Crippen LogP contribution in [0, 0.1) is 0 Å². The van der Waals surface area contributed by atoms with Gasteiger partial charge in [-0.15, -0.1) is 0 Å². The molecule has 3 N–H and O–H groups in total. The van der Waals surface area contributed by atoms with Crippen LogP contribution in [0.15, 0.2) is 48.6 Å². The van der Waals surface area contributed by atoms with Gasteiger partial charge in [-0.3, -0.25) is 18.6 Å². The number of phosphoric acid groups is 1. The zero-order valence-corrected chi connectivity index (χ0v) is 33.9. The number of allylic oxidation sites excluding steroid dienone is 8. The van der Waals surface area contributed by atoms with Crippen molar-refractivity contribution in [3.05, 3.63) is 48.6 Å². The van der Waals surface area contributed by atoms with Crippen molar-refractivity contribution in [3.8, 4) is 0 Å². The minimum Gasteiger partial charge on any atom is -0.463 e. The maximum atomic E-state index is 12.1. The fourth-order valence-electron chi connectivity index (χ4n) is 5.37. The van der Waals surface area contributed by atoms with Crippen LogP contribution in [-0.2, 0) is 27.9 Å². The Morgan fingerprint density at radius 1 is 0.596 bits per heavy atom. The molecule has 1 amide bonds. The number of hydrogen-bond donors (Lipinski definition) is 3. The van der Waals surface area contributed by atoms with E-state index in [4.69, 9.17) is 13.8 Å². The molecule has 0 aromatic heterocycles. The molecule has 0 saturated heterocycles. The van der Waals surface area contributed by atoms with Crippen molar-refractivity contribution in [1.82, 2.24) is 5.32 Å². The molecule has 0 fully saturated rings. The van der Waals surface area contributed by atoms with Crippen molar-refractivity contribution in [2.75, 3.05) is 26.4 Å². The number of nitrogens with one attached hydrogen (secondary N) is 1. The third-order valence-corrected chi connectivity index (χ3v) is 9.50. The highest BCUT2D eigenvalue weighted by Crippen LogP contribution is 2.42. The molecule has 9 nitrogen and oxygen atoms in total. The van der Waals surface area contributed by atoms with Gasteiger partial charge >= 0.3 is 13.8 Å². The molecular weight excluding hydrogens is 677 g/mol. The molecule has 2 atom stereocenters. The van der Waals surface area contributed by atoms with Gasteiger partial charge < -0.3 is 20.1 Å². The summed E-state index contributed by atoms with van der Waals surface area (Å²) in [4.78, 5) is 33.8. The number of amides is 1. The van der Waals surface area contributed by atoms with Crippen LogP contribution in [0.1, 0.15) is 174 Å². The van der Waals surface area contributed by atoms with Gasteiger partial charge in [0.2, 0.25) is 5.91 Å². The number of carbonyl (C=O) groups excluding carboxylic acids is 2. The lowest BCUT2D eigenvalue weighted by atomic mass is 10.0. The van der Waals surface area contributed by atoms with Crippen molar-refractivity contribution in [2.45, 2.75) is 180 Å². The summed E-state index contributed by atoms with van der Waals surface area (Å²) in [5.74, 6) is -0.573. The van der Waals surface area contributed by atoms with Crippen LogP contribution in [-0.4, -0.2) is 54.3 Å². The molecule has 0 spiro atoms. The van der Waals surface area contributed by atoms with Gasteiger partial charge in [0.1, 0.15) is 12.7 Å². The first kappa shape index (κ1) is 50.0. The maximum absolute atomic E-state index is 12.1. The average molecular weight is 754 g/mol. The van der Waals surface area contributed by atoms with E-state index in [1.807, 2.05) is 6.08 Å². The summed E-state index contributed by atoms with van der Waals surface area (Å²) >= 11 is 0. The van der Waals surface area contributed by atoms with Gasteiger partial charge in [0.05, 0.1) is 13.2 Å². The van der Waals surface area contributed by atoms with Crippen LogP contribution >= 0.6 is 7.82 Å². The lowest BCUT2D eigenvalue weighted by Crippen LogP contribution is -2.27. The van der Waals surface area contributed by atoms with Crippen molar-refractivity contribution >= 4 is 19.7 Å². The molecule has 0 aliphatic carbocycles. The second-order valence-corrected chi connectivity index (χ2v) is 15.1. The third kappa shape index (κ3) is 39.2. The van der Waals surface area contributed by atoms with Crippen molar-refractivity contribution in [3.63, 3.8) is 0 Å². The van der Waals surface area contributed by atoms with Gasteiger partial charge in [0, 0.05) is 19.4 Å². The average Bonchev–Trinajstić information content (AvgIpc) is 3.13.